The molecule has 0 bridgehead atoms. The molecule has 0 saturated carbocycles. The number of nitrogens with zero attached hydrogens (tertiary/aromatic N) is 1. The van der Waals surface area contributed by atoms with Crippen molar-refractivity contribution in [2.75, 3.05) is 26.7 Å². The Balaban J connectivity index is 1.64. The van der Waals surface area contributed by atoms with Crippen LogP contribution in [0.2, 0.25) is 0 Å². The first-order chi connectivity index (χ1) is 11.9. The lowest BCUT2D eigenvalue weighted by Crippen LogP contribution is -2.40. The van der Waals surface area contributed by atoms with Gasteiger partial charge < -0.3 is 20.3 Å². The fourth-order valence-corrected chi connectivity index (χ4v) is 3.93. The molecule has 2 saturated heterocycles. The normalized spacial score (nSPS) is 22.8. The van der Waals surface area contributed by atoms with Crippen LogP contribution in [0, 0.1) is 5.41 Å². The highest BCUT2D eigenvalue weighted by atomic mass is 16.5. The fourth-order valence-electron chi connectivity index (χ4n) is 3.93. The number of carboxylic acid groups (broad SMARTS) is 2. The van der Waals surface area contributed by atoms with Crippen LogP contribution >= 0.6 is 0 Å². The number of carboxylic acids is 2. The summed E-state index contributed by atoms with van der Waals surface area (Å²) in [6, 6.07) is 4.48. The molecule has 1 aromatic rings. The van der Waals surface area contributed by atoms with Crippen molar-refractivity contribution in [3.63, 3.8) is 0 Å². The first kappa shape index (κ1) is 17.7. The van der Waals surface area contributed by atoms with E-state index in [1.54, 1.807) is 25.3 Å². The summed E-state index contributed by atoms with van der Waals surface area (Å²) in [6.45, 7) is 3.13. The van der Waals surface area contributed by atoms with Crippen molar-refractivity contribution in [1.82, 2.24) is 10.2 Å². The zero-order valence-corrected chi connectivity index (χ0v) is 14.3. The molecule has 25 heavy (non-hydrogen) atoms. The lowest BCUT2D eigenvalue weighted by Gasteiger charge is -2.39. The topological polar surface area (TPSA) is 99.1 Å². The number of likely N-dealkylation sites (tertiary alicyclic amines) is 1. The number of aliphatic carboxylic acids is 1. The molecule has 0 aromatic heterocycles. The van der Waals surface area contributed by atoms with Crippen LogP contribution in [0.1, 0.15) is 35.2 Å². The summed E-state index contributed by atoms with van der Waals surface area (Å²) in [5, 5.41) is 21.5. The van der Waals surface area contributed by atoms with Crippen LogP contribution in [0.5, 0.6) is 5.75 Å². The summed E-state index contributed by atoms with van der Waals surface area (Å²) in [7, 11) is 1.58. The summed E-state index contributed by atoms with van der Waals surface area (Å²) in [5.74, 6) is -1.02. The number of rotatable bonds is 5. The van der Waals surface area contributed by atoms with E-state index < -0.39 is 18.0 Å². The molecular weight excluding hydrogens is 324 g/mol. The lowest BCUT2D eigenvalue weighted by atomic mass is 9.76. The number of aromatic carboxylic acids is 1. The predicted molar refractivity (Wildman–Crippen MR) is 90.9 cm³/mol. The maximum Gasteiger partial charge on any atom is 0.335 e. The number of methoxy groups -OCH3 is 1. The van der Waals surface area contributed by atoms with E-state index in [1.165, 1.54) is 0 Å². The van der Waals surface area contributed by atoms with E-state index in [0.717, 1.165) is 38.0 Å². The second kappa shape index (κ2) is 7.01. The molecule has 136 valence electrons. The minimum absolute atomic E-state index is 0.0759. The molecule has 2 aliphatic rings. The van der Waals surface area contributed by atoms with Gasteiger partial charge in [0.1, 0.15) is 11.8 Å². The van der Waals surface area contributed by atoms with Crippen molar-refractivity contribution < 1.29 is 24.5 Å². The third-order valence-electron chi connectivity index (χ3n) is 5.50. The van der Waals surface area contributed by atoms with Crippen molar-refractivity contribution in [1.29, 1.82) is 0 Å². The van der Waals surface area contributed by atoms with Crippen LogP contribution in [0.25, 0.3) is 0 Å². The highest BCUT2D eigenvalue weighted by Crippen LogP contribution is 2.40. The Kier molecular flexibility index (Phi) is 4.96. The molecule has 2 fully saturated rings. The van der Waals surface area contributed by atoms with Gasteiger partial charge in [-0.1, -0.05) is 0 Å². The van der Waals surface area contributed by atoms with Gasteiger partial charge in [-0.05, 0) is 56.0 Å². The Morgan fingerprint density at radius 3 is 2.60 bits per heavy atom. The number of piperidine rings is 1. The van der Waals surface area contributed by atoms with E-state index >= 15 is 0 Å². The molecular formula is C18H24N2O5. The van der Waals surface area contributed by atoms with Crippen molar-refractivity contribution in [3.05, 3.63) is 29.3 Å². The number of benzene rings is 1. The molecule has 0 radical (unpaired) electrons. The number of hydrogen-bond donors (Lipinski definition) is 3. The van der Waals surface area contributed by atoms with Gasteiger partial charge in [-0.2, -0.15) is 0 Å². The van der Waals surface area contributed by atoms with E-state index in [1.807, 2.05) is 0 Å². The van der Waals surface area contributed by atoms with Crippen LogP contribution < -0.4 is 10.1 Å². The zero-order valence-electron chi connectivity index (χ0n) is 14.3. The third kappa shape index (κ3) is 3.77. The summed E-state index contributed by atoms with van der Waals surface area (Å²) in [6.07, 6.45) is 2.59. The molecule has 0 unspecified atom stereocenters. The van der Waals surface area contributed by atoms with Gasteiger partial charge in [0.15, 0.2) is 0 Å². The molecule has 0 amide bonds. The molecule has 0 aliphatic carbocycles. The Bertz CT molecular complexity index is 667. The Labute approximate surface area is 146 Å². The van der Waals surface area contributed by atoms with Gasteiger partial charge in [-0.15, -0.1) is 0 Å². The zero-order chi connectivity index (χ0) is 18.0. The van der Waals surface area contributed by atoms with Gasteiger partial charge in [0, 0.05) is 18.7 Å². The third-order valence-corrected chi connectivity index (χ3v) is 5.50. The molecule has 2 heterocycles. The quantitative estimate of drug-likeness (QED) is 0.740. The van der Waals surface area contributed by atoms with Crippen LogP contribution in [-0.4, -0.2) is 59.8 Å². The molecule has 1 aromatic carbocycles. The van der Waals surface area contributed by atoms with E-state index in [4.69, 9.17) is 9.84 Å². The maximum atomic E-state index is 11.2. The van der Waals surface area contributed by atoms with E-state index in [0.29, 0.717) is 18.7 Å². The predicted octanol–water partition coefficient (Wildman–Crippen LogP) is 1.42. The molecule has 2 aliphatic heterocycles. The first-order valence-corrected chi connectivity index (χ1v) is 8.51. The highest BCUT2D eigenvalue weighted by molar-refractivity contribution is 5.88. The highest BCUT2D eigenvalue weighted by Gasteiger charge is 2.43. The number of ether oxygens (including phenoxy) is 1. The fraction of sp³-hybridized carbons (Fsp3) is 0.556. The van der Waals surface area contributed by atoms with Crippen LogP contribution in [0.3, 0.4) is 0 Å². The summed E-state index contributed by atoms with van der Waals surface area (Å²) < 4.78 is 5.36. The molecule has 3 rings (SSSR count). The average molecular weight is 348 g/mol. The van der Waals surface area contributed by atoms with E-state index in [2.05, 4.69) is 10.2 Å². The number of nitrogens with one attached hydrogen (secondary N) is 1. The molecule has 3 N–H and O–H groups in total. The van der Waals surface area contributed by atoms with Gasteiger partial charge in [0.2, 0.25) is 0 Å². The van der Waals surface area contributed by atoms with Crippen molar-refractivity contribution in [3.8, 4) is 5.75 Å². The number of carbonyl (C=O) groups is 2. The van der Waals surface area contributed by atoms with Crippen molar-refractivity contribution in [2.24, 2.45) is 5.41 Å². The summed E-state index contributed by atoms with van der Waals surface area (Å²) in [5.41, 5.74) is 1.20. The smallest absolute Gasteiger partial charge is 0.335 e. The van der Waals surface area contributed by atoms with Gasteiger partial charge in [0.25, 0.3) is 0 Å². The van der Waals surface area contributed by atoms with Gasteiger partial charge in [0.05, 0.1) is 12.7 Å². The number of hydrogen-bond acceptors (Lipinski definition) is 5. The first-order valence-electron chi connectivity index (χ1n) is 8.51. The monoisotopic (exact) mass is 348 g/mol. The summed E-state index contributed by atoms with van der Waals surface area (Å²) in [4.78, 5) is 24.6. The minimum atomic E-state index is -0.946. The van der Waals surface area contributed by atoms with Crippen LogP contribution in [-0.2, 0) is 11.3 Å². The Morgan fingerprint density at radius 1 is 1.32 bits per heavy atom. The largest absolute Gasteiger partial charge is 0.496 e. The van der Waals surface area contributed by atoms with Crippen molar-refractivity contribution in [2.45, 2.75) is 31.8 Å². The second-order valence-electron chi connectivity index (χ2n) is 7.08. The second-order valence-corrected chi connectivity index (χ2v) is 7.08. The van der Waals surface area contributed by atoms with Gasteiger partial charge in [-0.3, -0.25) is 9.69 Å². The van der Waals surface area contributed by atoms with Gasteiger partial charge >= 0.3 is 11.9 Å². The maximum absolute atomic E-state index is 11.2. The lowest BCUT2D eigenvalue weighted by molar-refractivity contribution is -0.139. The van der Waals surface area contributed by atoms with Crippen molar-refractivity contribution >= 4 is 11.9 Å². The molecule has 1 atom stereocenters. The Morgan fingerprint density at radius 2 is 2.04 bits per heavy atom. The van der Waals surface area contributed by atoms with Crippen LogP contribution in [0.4, 0.5) is 0 Å². The SMILES string of the molecule is COc1ccc(C(=O)O)cc1CN1CCC2(CC1)CN[C@H](C(=O)O)C2. The molecule has 7 nitrogen and oxygen atoms in total. The van der Waals surface area contributed by atoms with Crippen LogP contribution in [0.15, 0.2) is 18.2 Å². The van der Waals surface area contributed by atoms with Gasteiger partial charge in [-0.25, -0.2) is 4.79 Å². The minimum Gasteiger partial charge on any atom is -0.496 e. The van der Waals surface area contributed by atoms with E-state index in [-0.39, 0.29) is 11.0 Å². The summed E-state index contributed by atoms with van der Waals surface area (Å²) >= 11 is 0. The Hall–Kier alpha value is -2.12. The molecule has 1 spiro atoms. The van der Waals surface area contributed by atoms with E-state index in [9.17, 15) is 14.7 Å². The average Bonchev–Trinajstić information content (AvgIpc) is 3.01. The standard InChI is InChI=1S/C18H24N2O5/c1-25-15-3-2-12(16(21)22)8-13(15)10-20-6-4-18(5-7-20)9-14(17(23)24)19-11-18/h2-3,8,14,19H,4-7,9-11H2,1H3,(H,21,22)(H,23,24)/t14-/m0/s1. The molecule has 7 heteroatoms.